The lowest BCUT2D eigenvalue weighted by atomic mass is 10.0. The third kappa shape index (κ3) is 9.48. The number of furan rings is 1. The van der Waals surface area contributed by atoms with Crippen LogP contribution in [-0.4, -0.2) is 57.1 Å². The van der Waals surface area contributed by atoms with Gasteiger partial charge in [0.2, 0.25) is 0 Å². The number of aliphatic imine (C=N–C) groups is 1. The van der Waals surface area contributed by atoms with Crippen LogP contribution in [0.15, 0.2) is 27.8 Å². The zero-order valence-electron chi connectivity index (χ0n) is 15.7. The van der Waals surface area contributed by atoms with Gasteiger partial charge in [0, 0.05) is 19.7 Å². The lowest BCUT2D eigenvalue weighted by molar-refractivity contribution is 0.0435. The predicted molar refractivity (Wildman–Crippen MR) is 98.8 cm³/mol. The molecule has 0 spiro atoms. The molecule has 0 radical (unpaired) electrons. The first-order chi connectivity index (χ1) is 12.1. The number of rotatable bonds is 13. The van der Waals surface area contributed by atoms with Gasteiger partial charge in [-0.05, 0) is 32.4 Å². The van der Waals surface area contributed by atoms with E-state index >= 15 is 0 Å². The number of hydrogen-bond acceptors (Lipinski definition) is 5. The highest BCUT2D eigenvalue weighted by molar-refractivity contribution is 5.79. The van der Waals surface area contributed by atoms with Crippen molar-refractivity contribution >= 4 is 5.96 Å². The summed E-state index contributed by atoms with van der Waals surface area (Å²) in [6, 6.07) is 3.49. The Kier molecular flexibility index (Phi) is 10.9. The molecular formula is C18H33N3O4. The van der Waals surface area contributed by atoms with Crippen LogP contribution in [0.5, 0.6) is 0 Å². The molecule has 1 rings (SSSR count). The maximum absolute atomic E-state index is 10.4. The van der Waals surface area contributed by atoms with E-state index in [1.54, 1.807) is 25.3 Å². The molecule has 144 valence electrons. The maximum atomic E-state index is 10.4. The highest BCUT2D eigenvalue weighted by Crippen LogP contribution is 2.20. The summed E-state index contributed by atoms with van der Waals surface area (Å²) in [7, 11) is 0. The van der Waals surface area contributed by atoms with Crippen molar-refractivity contribution in [1.29, 1.82) is 0 Å². The van der Waals surface area contributed by atoms with Crippen LogP contribution in [0.2, 0.25) is 0 Å². The van der Waals surface area contributed by atoms with Crippen LogP contribution in [0.1, 0.15) is 39.4 Å². The van der Waals surface area contributed by atoms with Gasteiger partial charge in [0.1, 0.15) is 11.4 Å². The zero-order valence-corrected chi connectivity index (χ0v) is 15.7. The Morgan fingerprint density at radius 1 is 1.20 bits per heavy atom. The lowest BCUT2D eigenvalue weighted by Gasteiger charge is -2.19. The SMILES string of the molecule is CCCCOCCOCCNC(=NCC(C)(O)c1ccco1)NCC. The van der Waals surface area contributed by atoms with Gasteiger partial charge in [-0.25, -0.2) is 4.99 Å². The Morgan fingerprint density at radius 2 is 1.96 bits per heavy atom. The van der Waals surface area contributed by atoms with Gasteiger partial charge in [0.25, 0.3) is 0 Å². The van der Waals surface area contributed by atoms with Crippen LogP contribution < -0.4 is 10.6 Å². The molecule has 7 nitrogen and oxygen atoms in total. The highest BCUT2D eigenvalue weighted by atomic mass is 16.5. The Bertz CT molecular complexity index is 461. The van der Waals surface area contributed by atoms with Gasteiger partial charge in [0.15, 0.2) is 5.96 Å². The Morgan fingerprint density at radius 3 is 2.60 bits per heavy atom. The van der Waals surface area contributed by atoms with Crippen molar-refractivity contribution in [3.63, 3.8) is 0 Å². The summed E-state index contributed by atoms with van der Waals surface area (Å²) in [6.45, 7) is 9.95. The third-order valence-corrected chi connectivity index (χ3v) is 3.49. The molecule has 3 N–H and O–H groups in total. The lowest BCUT2D eigenvalue weighted by Crippen LogP contribution is -2.40. The number of nitrogens with zero attached hydrogens (tertiary/aromatic N) is 1. The van der Waals surface area contributed by atoms with Crippen molar-refractivity contribution in [2.45, 2.75) is 39.2 Å². The summed E-state index contributed by atoms with van der Waals surface area (Å²) >= 11 is 0. The average molecular weight is 355 g/mol. The number of ether oxygens (including phenoxy) is 2. The van der Waals surface area contributed by atoms with Crippen molar-refractivity contribution in [3.05, 3.63) is 24.2 Å². The fourth-order valence-corrected chi connectivity index (χ4v) is 2.05. The van der Waals surface area contributed by atoms with E-state index in [-0.39, 0.29) is 6.54 Å². The summed E-state index contributed by atoms with van der Waals surface area (Å²) < 4.78 is 16.2. The summed E-state index contributed by atoms with van der Waals surface area (Å²) in [5, 5.41) is 16.8. The van der Waals surface area contributed by atoms with Crippen molar-refractivity contribution in [2.75, 3.05) is 46.1 Å². The molecule has 1 heterocycles. The number of hydrogen-bond donors (Lipinski definition) is 3. The molecule has 0 bridgehead atoms. The fraction of sp³-hybridized carbons (Fsp3) is 0.722. The van der Waals surface area contributed by atoms with Crippen LogP contribution in [0.25, 0.3) is 0 Å². The summed E-state index contributed by atoms with van der Waals surface area (Å²) in [4.78, 5) is 4.41. The van der Waals surface area contributed by atoms with Gasteiger partial charge in [-0.2, -0.15) is 0 Å². The molecule has 0 saturated heterocycles. The zero-order chi connectivity index (χ0) is 18.4. The van der Waals surface area contributed by atoms with E-state index in [2.05, 4.69) is 22.5 Å². The average Bonchev–Trinajstić information content (AvgIpc) is 3.13. The number of unbranched alkanes of at least 4 members (excludes halogenated alkanes) is 1. The summed E-state index contributed by atoms with van der Waals surface area (Å²) in [5.74, 6) is 1.13. The predicted octanol–water partition coefficient (Wildman–Crippen LogP) is 1.88. The Hall–Kier alpha value is -1.57. The van der Waals surface area contributed by atoms with Crippen molar-refractivity contribution < 1.29 is 19.0 Å². The van der Waals surface area contributed by atoms with Crippen molar-refractivity contribution in [2.24, 2.45) is 4.99 Å². The molecule has 7 heteroatoms. The maximum Gasteiger partial charge on any atom is 0.191 e. The van der Waals surface area contributed by atoms with Crippen molar-refractivity contribution in [3.8, 4) is 0 Å². The van der Waals surface area contributed by atoms with E-state index in [9.17, 15) is 5.11 Å². The van der Waals surface area contributed by atoms with Gasteiger partial charge < -0.3 is 29.6 Å². The second-order valence-corrected chi connectivity index (χ2v) is 5.95. The quantitative estimate of drug-likeness (QED) is 0.284. The minimum atomic E-state index is -1.14. The van der Waals surface area contributed by atoms with E-state index in [1.165, 1.54) is 0 Å². The normalized spacial score (nSPS) is 14.3. The molecule has 0 aromatic carbocycles. The van der Waals surface area contributed by atoms with E-state index < -0.39 is 5.60 Å². The van der Waals surface area contributed by atoms with Crippen molar-refractivity contribution in [1.82, 2.24) is 10.6 Å². The topological polar surface area (TPSA) is 88.2 Å². The molecular weight excluding hydrogens is 322 g/mol. The molecule has 0 aliphatic rings. The molecule has 1 aromatic heterocycles. The van der Waals surface area contributed by atoms with Gasteiger partial charge in [-0.1, -0.05) is 13.3 Å². The number of guanidine groups is 1. The van der Waals surface area contributed by atoms with E-state index in [0.717, 1.165) is 26.0 Å². The third-order valence-electron chi connectivity index (χ3n) is 3.49. The second kappa shape index (κ2) is 12.7. The minimum Gasteiger partial charge on any atom is -0.466 e. The first kappa shape index (κ1) is 21.5. The summed E-state index contributed by atoms with van der Waals surface area (Å²) in [5.41, 5.74) is -1.14. The van der Waals surface area contributed by atoms with Crippen LogP contribution in [0, 0.1) is 0 Å². The largest absolute Gasteiger partial charge is 0.466 e. The Balaban J connectivity index is 2.25. The molecule has 0 fully saturated rings. The van der Waals surface area contributed by atoms with Gasteiger partial charge in [-0.15, -0.1) is 0 Å². The van der Waals surface area contributed by atoms with Crippen LogP contribution in [0.4, 0.5) is 0 Å². The fourth-order valence-electron chi connectivity index (χ4n) is 2.05. The van der Waals surface area contributed by atoms with Crippen LogP contribution in [-0.2, 0) is 15.1 Å². The molecule has 0 amide bonds. The number of nitrogens with one attached hydrogen (secondary N) is 2. The van der Waals surface area contributed by atoms with Gasteiger partial charge in [-0.3, -0.25) is 0 Å². The van der Waals surface area contributed by atoms with Gasteiger partial charge >= 0.3 is 0 Å². The number of aliphatic hydroxyl groups is 1. The molecule has 0 aliphatic carbocycles. The molecule has 1 aromatic rings. The molecule has 1 unspecified atom stereocenters. The van der Waals surface area contributed by atoms with Crippen LogP contribution in [0.3, 0.4) is 0 Å². The monoisotopic (exact) mass is 355 g/mol. The second-order valence-electron chi connectivity index (χ2n) is 5.95. The van der Waals surface area contributed by atoms with Gasteiger partial charge in [0.05, 0.1) is 32.6 Å². The highest BCUT2D eigenvalue weighted by Gasteiger charge is 2.25. The standard InChI is InChI=1S/C18H33N3O4/c1-4-6-10-23-13-14-24-12-9-20-17(19-5-2)21-15-18(3,22)16-8-7-11-25-16/h7-8,11,22H,4-6,9-10,12-15H2,1-3H3,(H2,19,20,21). The Labute approximate surface area is 150 Å². The van der Waals surface area contributed by atoms with E-state index in [1.807, 2.05) is 6.92 Å². The van der Waals surface area contributed by atoms with E-state index in [0.29, 0.717) is 38.1 Å². The molecule has 0 saturated carbocycles. The minimum absolute atomic E-state index is 0.196. The molecule has 25 heavy (non-hydrogen) atoms. The first-order valence-electron chi connectivity index (χ1n) is 9.04. The first-order valence-corrected chi connectivity index (χ1v) is 9.04. The van der Waals surface area contributed by atoms with Crippen LogP contribution >= 0.6 is 0 Å². The van der Waals surface area contributed by atoms with E-state index in [4.69, 9.17) is 13.9 Å². The molecule has 0 aliphatic heterocycles. The molecule has 1 atom stereocenters. The smallest absolute Gasteiger partial charge is 0.191 e. The summed E-state index contributed by atoms with van der Waals surface area (Å²) in [6.07, 6.45) is 3.77.